The van der Waals surface area contributed by atoms with Gasteiger partial charge in [0.1, 0.15) is 11.5 Å². The molecule has 27 heavy (non-hydrogen) atoms. The summed E-state index contributed by atoms with van der Waals surface area (Å²) in [4.78, 5) is 14.9. The largest absolute Gasteiger partial charge is 0.457 e. The Morgan fingerprint density at radius 2 is 1.56 bits per heavy atom. The van der Waals surface area contributed by atoms with Crippen molar-refractivity contribution in [2.45, 2.75) is 25.5 Å². The molecule has 0 saturated heterocycles. The van der Waals surface area contributed by atoms with Crippen molar-refractivity contribution in [1.29, 1.82) is 0 Å². The number of fused-ring (bicyclic) bond motifs is 1. The molecule has 0 spiro atoms. The second-order valence-corrected chi connectivity index (χ2v) is 6.77. The number of amides is 1. The number of nitrogens with zero attached hydrogens (tertiary/aromatic N) is 1. The summed E-state index contributed by atoms with van der Waals surface area (Å²) in [6, 6.07) is 24.2. The molecule has 136 valence electrons. The van der Waals surface area contributed by atoms with Gasteiger partial charge in [-0.3, -0.25) is 4.79 Å². The number of anilines is 1. The van der Waals surface area contributed by atoms with Gasteiger partial charge in [0.25, 0.3) is 5.91 Å². The molecule has 2 atom stereocenters. The van der Waals surface area contributed by atoms with Gasteiger partial charge in [-0.1, -0.05) is 36.4 Å². The van der Waals surface area contributed by atoms with Crippen LogP contribution in [0.4, 0.5) is 5.69 Å². The van der Waals surface area contributed by atoms with Crippen LogP contribution >= 0.6 is 0 Å². The second kappa shape index (κ2) is 7.25. The molecule has 4 rings (SSSR count). The molecule has 4 heteroatoms. The van der Waals surface area contributed by atoms with E-state index in [0.29, 0.717) is 17.7 Å². The Labute approximate surface area is 158 Å². The second-order valence-electron chi connectivity index (χ2n) is 6.77. The van der Waals surface area contributed by atoms with Crippen LogP contribution in [0.15, 0.2) is 78.9 Å². The fourth-order valence-corrected chi connectivity index (χ4v) is 3.52. The Kier molecular flexibility index (Phi) is 4.65. The van der Waals surface area contributed by atoms with E-state index in [1.165, 1.54) is 0 Å². The quantitative estimate of drug-likeness (QED) is 0.720. The van der Waals surface area contributed by atoms with Crippen molar-refractivity contribution in [2.24, 2.45) is 0 Å². The summed E-state index contributed by atoms with van der Waals surface area (Å²) >= 11 is 0. The molecule has 1 heterocycles. The summed E-state index contributed by atoms with van der Waals surface area (Å²) in [5.41, 5.74) is 2.17. The van der Waals surface area contributed by atoms with Crippen molar-refractivity contribution in [3.63, 3.8) is 0 Å². The molecular weight excluding hydrogens is 338 g/mol. The maximum Gasteiger partial charge on any atom is 0.258 e. The first-order valence-corrected chi connectivity index (χ1v) is 9.07. The molecule has 0 saturated carbocycles. The van der Waals surface area contributed by atoms with Gasteiger partial charge in [0.2, 0.25) is 0 Å². The van der Waals surface area contributed by atoms with Crippen LogP contribution in [0, 0.1) is 0 Å². The van der Waals surface area contributed by atoms with Crippen LogP contribution in [-0.4, -0.2) is 17.1 Å². The Hall–Kier alpha value is -3.11. The molecule has 4 nitrogen and oxygen atoms in total. The number of carbonyl (C=O) groups is 1. The van der Waals surface area contributed by atoms with Gasteiger partial charge in [0.15, 0.2) is 0 Å². The highest BCUT2D eigenvalue weighted by Crippen LogP contribution is 2.37. The number of ether oxygens (including phenoxy) is 1. The van der Waals surface area contributed by atoms with Crippen LogP contribution in [0.1, 0.15) is 35.4 Å². The molecule has 0 aromatic heterocycles. The lowest BCUT2D eigenvalue weighted by Gasteiger charge is -2.37. The van der Waals surface area contributed by atoms with Crippen LogP contribution in [0.5, 0.6) is 11.5 Å². The highest BCUT2D eigenvalue weighted by Gasteiger charge is 2.33. The Bertz CT molecular complexity index is 937. The van der Waals surface area contributed by atoms with Crippen LogP contribution in [-0.2, 0) is 0 Å². The van der Waals surface area contributed by atoms with E-state index in [2.05, 4.69) is 0 Å². The van der Waals surface area contributed by atoms with Crippen molar-refractivity contribution < 1.29 is 14.6 Å². The molecule has 1 aliphatic rings. The lowest BCUT2D eigenvalue weighted by Crippen LogP contribution is -2.43. The summed E-state index contributed by atoms with van der Waals surface area (Å²) in [5.74, 6) is 1.36. The fourth-order valence-electron chi connectivity index (χ4n) is 3.52. The maximum absolute atomic E-state index is 13.2. The van der Waals surface area contributed by atoms with E-state index in [1.54, 1.807) is 29.2 Å². The smallest absolute Gasteiger partial charge is 0.258 e. The molecule has 1 N–H and O–H groups in total. The number of aliphatic hydroxyl groups is 1. The molecule has 0 fully saturated rings. The number of benzene rings is 3. The van der Waals surface area contributed by atoms with Gasteiger partial charge >= 0.3 is 0 Å². The van der Waals surface area contributed by atoms with Crippen molar-refractivity contribution in [3.05, 3.63) is 90.0 Å². The third-order valence-corrected chi connectivity index (χ3v) is 4.86. The van der Waals surface area contributed by atoms with Gasteiger partial charge in [0.05, 0.1) is 11.8 Å². The average molecular weight is 359 g/mol. The van der Waals surface area contributed by atoms with E-state index in [1.807, 2.05) is 61.5 Å². The summed E-state index contributed by atoms with van der Waals surface area (Å²) in [6.45, 7) is 1.96. The first-order valence-electron chi connectivity index (χ1n) is 9.07. The predicted molar refractivity (Wildman–Crippen MR) is 105 cm³/mol. The van der Waals surface area contributed by atoms with Gasteiger partial charge < -0.3 is 14.7 Å². The molecule has 2 unspecified atom stereocenters. The van der Waals surface area contributed by atoms with Gasteiger partial charge in [-0.2, -0.15) is 0 Å². The van der Waals surface area contributed by atoms with Gasteiger partial charge in [-0.25, -0.2) is 0 Å². The van der Waals surface area contributed by atoms with Crippen LogP contribution in [0.2, 0.25) is 0 Å². The zero-order chi connectivity index (χ0) is 18.8. The molecule has 3 aromatic rings. The predicted octanol–water partition coefficient (Wildman–Crippen LogP) is 4.95. The molecule has 3 aromatic carbocycles. The molecule has 0 radical (unpaired) electrons. The topological polar surface area (TPSA) is 49.8 Å². The van der Waals surface area contributed by atoms with Crippen molar-refractivity contribution >= 4 is 11.6 Å². The van der Waals surface area contributed by atoms with E-state index in [0.717, 1.165) is 17.0 Å². The number of para-hydroxylation sites is 2. The molecule has 1 amide bonds. The summed E-state index contributed by atoms with van der Waals surface area (Å²) in [5, 5.41) is 10.3. The Balaban J connectivity index is 1.58. The minimum atomic E-state index is -0.540. The number of hydrogen-bond acceptors (Lipinski definition) is 3. The summed E-state index contributed by atoms with van der Waals surface area (Å²) in [6.07, 6.45) is -0.0142. The van der Waals surface area contributed by atoms with E-state index in [-0.39, 0.29) is 11.9 Å². The zero-order valence-electron chi connectivity index (χ0n) is 15.1. The summed E-state index contributed by atoms with van der Waals surface area (Å²) < 4.78 is 5.79. The van der Waals surface area contributed by atoms with Crippen LogP contribution < -0.4 is 9.64 Å². The normalized spacial score (nSPS) is 18.7. The minimum Gasteiger partial charge on any atom is -0.457 e. The fraction of sp³-hybridized carbons (Fsp3) is 0.174. The molecule has 0 bridgehead atoms. The highest BCUT2D eigenvalue weighted by atomic mass is 16.5. The van der Waals surface area contributed by atoms with Crippen LogP contribution in [0.3, 0.4) is 0 Å². The van der Waals surface area contributed by atoms with E-state index in [9.17, 15) is 9.90 Å². The first-order chi connectivity index (χ1) is 13.1. The Morgan fingerprint density at radius 1 is 0.926 bits per heavy atom. The molecular formula is C23H21NO3. The SMILES string of the molecule is CC1CC(O)c2ccccc2N1C(=O)c1ccc(Oc2ccccc2)cc1. The monoisotopic (exact) mass is 359 g/mol. The van der Waals surface area contributed by atoms with E-state index < -0.39 is 6.10 Å². The summed E-state index contributed by atoms with van der Waals surface area (Å²) in [7, 11) is 0. The lowest BCUT2D eigenvalue weighted by atomic mass is 9.93. The molecule has 0 aliphatic carbocycles. The average Bonchev–Trinajstić information content (AvgIpc) is 2.69. The maximum atomic E-state index is 13.2. The number of carbonyl (C=O) groups excluding carboxylic acids is 1. The number of hydrogen-bond donors (Lipinski definition) is 1. The standard InChI is InChI=1S/C23H21NO3/c1-16-15-22(25)20-9-5-6-10-21(20)24(16)23(26)17-11-13-19(14-12-17)27-18-7-3-2-4-8-18/h2-14,16,22,25H,15H2,1H3. The third kappa shape index (κ3) is 3.44. The van der Waals surface area contributed by atoms with Gasteiger partial charge in [0, 0.05) is 17.2 Å². The van der Waals surface area contributed by atoms with Crippen molar-refractivity contribution in [1.82, 2.24) is 0 Å². The van der Waals surface area contributed by atoms with Gasteiger partial charge in [-0.05, 0) is 55.8 Å². The van der Waals surface area contributed by atoms with E-state index >= 15 is 0 Å². The van der Waals surface area contributed by atoms with E-state index in [4.69, 9.17) is 4.74 Å². The highest BCUT2D eigenvalue weighted by molar-refractivity contribution is 6.07. The minimum absolute atomic E-state index is 0.0758. The van der Waals surface area contributed by atoms with Gasteiger partial charge in [-0.15, -0.1) is 0 Å². The third-order valence-electron chi connectivity index (χ3n) is 4.86. The van der Waals surface area contributed by atoms with Crippen molar-refractivity contribution in [3.8, 4) is 11.5 Å². The zero-order valence-corrected chi connectivity index (χ0v) is 15.1. The lowest BCUT2D eigenvalue weighted by molar-refractivity contribution is 0.0949. The number of aliphatic hydroxyl groups excluding tert-OH is 1. The Morgan fingerprint density at radius 3 is 2.30 bits per heavy atom. The number of rotatable bonds is 3. The van der Waals surface area contributed by atoms with Crippen LogP contribution in [0.25, 0.3) is 0 Å². The molecule has 1 aliphatic heterocycles. The van der Waals surface area contributed by atoms with Crippen molar-refractivity contribution in [2.75, 3.05) is 4.90 Å². The first kappa shape index (κ1) is 17.3.